The SMILES string of the molecule is CCn1c(COc2cc(C)c(Cl)c(C)c2)nnc1SCC(=O)Nc1ccc(-c2nc3ccc(C)cc3s2)cc1. The van der Waals surface area contributed by atoms with Crippen molar-refractivity contribution >= 4 is 56.5 Å². The highest BCUT2D eigenvalue weighted by Gasteiger charge is 2.15. The van der Waals surface area contributed by atoms with E-state index in [9.17, 15) is 4.79 Å². The zero-order valence-corrected chi connectivity index (χ0v) is 24.5. The first-order valence-corrected chi connectivity index (χ1v) is 14.7. The first-order chi connectivity index (χ1) is 18.8. The van der Waals surface area contributed by atoms with Gasteiger partial charge in [-0.05, 0) is 92.9 Å². The summed E-state index contributed by atoms with van der Waals surface area (Å²) in [5.74, 6) is 1.54. The van der Waals surface area contributed by atoms with Crippen molar-refractivity contribution < 1.29 is 9.53 Å². The molecule has 5 aromatic rings. The smallest absolute Gasteiger partial charge is 0.234 e. The molecule has 0 bridgehead atoms. The van der Waals surface area contributed by atoms with E-state index in [4.69, 9.17) is 21.3 Å². The fraction of sp³-hybridized carbons (Fsp3) is 0.241. The van der Waals surface area contributed by atoms with Crippen molar-refractivity contribution in [1.29, 1.82) is 0 Å². The van der Waals surface area contributed by atoms with E-state index in [1.54, 1.807) is 11.3 Å². The molecule has 0 aliphatic heterocycles. The van der Waals surface area contributed by atoms with Crippen LogP contribution < -0.4 is 10.1 Å². The second-order valence-electron chi connectivity index (χ2n) is 9.21. The Bertz CT molecular complexity index is 1620. The van der Waals surface area contributed by atoms with E-state index in [1.807, 2.05) is 67.8 Å². The molecule has 1 N–H and O–H groups in total. The van der Waals surface area contributed by atoms with Crippen molar-refractivity contribution in [2.45, 2.75) is 46.0 Å². The van der Waals surface area contributed by atoms with Crippen LogP contribution in [0.3, 0.4) is 0 Å². The summed E-state index contributed by atoms with van der Waals surface area (Å²) in [6.07, 6.45) is 0. The van der Waals surface area contributed by atoms with Crippen LogP contribution in [0.5, 0.6) is 5.75 Å². The van der Waals surface area contributed by atoms with E-state index in [0.29, 0.717) is 17.5 Å². The average molecular weight is 578 g/mol. The van der Waals surface area contributed by atoms with E-state index in [0.717, 1.165) is 43.7 Å². The molecule has 0 unspecified atom stereocenters. The Morgan fingerprint density at radius 3 is 2.51 bits per heavy atom. The first-order valence-electron chi connectivity index (χ1n) is 12.5. The topological polar surface area (TPSA) is 81.9 Å². The van der Waals surface area contributed by atoms with Crippen LogP contribution in [0.2, 0.25) is 5.02 Å². The first kappa shape index (κ1) is 27.2. The fourth-order valence-corrected chi connectivity index (χ4v) is 6.17. The Morgan fingerprint density at radius 2 is 1.79 bits per heavy atom. The number of hydrogen-bond donors (Lipinski definition) is 1. The van der Waals surface area contributed by atoms with Gasteiger partial charge in [-0.1, -0.05) is 29.4 Å². The van der Waals surface area contributed by atoms with Gasteiger partial charge in [-0.3, -0.25) is 4.79 Å². The van der Waals surface area contributed by atoms with Gasteiger partial charge in [0.25, 0.3) is 0 Å². The molecule has 0 saturated carbocycles. The molecule has 0 saturated heterocycles. The Morgan fingerprint density at radius 1 is 1.05 bits per heavy atom. The number of rotatable bonds is 9. The third-order valence-corrected chi connectivity index (χ3v) is 8.81. The van der Waals surface area contributed by atoms with Crippen LogP contribution in [0.25, 0.3) is 20.8 Å². The van der Waals surface area contributed by atoms with Gasteiger partial charge in [-0.15, -0.1) is 21.5 Å². The predicted octanol–water partition coefficient (Wildman–Crippen LogP) is 7.46. The number of anilines is 1. The lowest BCUT2D eigenvalue weighted by atomic mass is 10.1. The number of benzene rings is 3. The molecule has 39 heavy (non-hydrogen) atoms. The quantitative estimate of drug-likeness (QED) is 0.183. The molecule has 0 fully saturated rings. The molecule has 0 spiro atoms. The van der Waals surface area contributed by atoms with E-state index < -0.39 is 0 Å². The lowest BCUT2D eigenvalue weighted by molar-refractivity contribution is -0.113. The molecule has 200 valence electrons. The summed E-state index contributed by atoms with van der Waals surface area (Å²) in [4.78, 5) is 17.4. The molecule has 3 aromatic carbocycles. The maximum Gasteiger partial charge on any atom is 0.234 e. The summed E-state index contributed by atoms with van der Waals surface area (Å²) in [6.45, 7) is 8.94. The van der Waals surface area contributed by atoms with Crippen molar-refractivity contribution in [3.05, 3.63) is 82.1 Å². The number of carbonyl (C=O) groups is 1. The lowest BCUT2D eigenvalue weighted by Gasteiger charge is -2.11. The van der Waals surface area contributed by atoms with E-state index in [2.05, 4.69) is 34.6 Å². The maximum atomic E-state index is 12.7. The van der Waals surface area contributed by atoms with Crippen LogP contribution in [0.15, 0.2) is 59.8 Å². The van der Waals surface area contributed by atoms with Crippen molar-refractivity contribution in [3.8, 4) is 16.3 Å². The molecule has 0 atom stereocenters. The number of amides is 1. The van der Waals surface area contributed by atoms with Crippen molar-refractivity contribution in [2.75, 3.05) is 11.1 Å². The summed E-state index contributed by atoms with van der Waals surface area (Å²) >= 11 is 9.28. The van der Waals surface area contributed by atoms with Gasteiger partial charge < -0.3 is 14.6 Å². The molecule has 1 amide bonds. The molecule has 2 heterocycles. The molecule has 7 nitrogen and oxygen atoms in total. The van der Waals surface area contributed by atoms with Crippen LogP contribution in [-0.2, 0) is 17.9 Å². The second kappa shape index (κ2) is 11.8. The molecule has 0 radical (unpaired) electrons. The molecule has 0 aliphatic rings. The van der Waals surface area contributed by atoms with Crippen LogP contribution in [0.1, 0.15) is 29.4 Å². The van der Waals surface area contributed by atoms with E-state index >= 15 is 0 Å². The maximum absolute atomic E-state index is 12.7. The Labute approximate surface area is 240 Å². The minimum Gasteiger partial charge on any atom is -0.486 e. The summed E-state index contributed by atoms with van der Waals surface area (Å²) in [7, 11) is 0. The number of aryl methyl sites for hydroxylation is 3. The minimum absolute atomic E-state index is 0.112. The van der Waals surface area contributed by atoms with Gasteiger partial charge in [0, 0.05) is 22.8 Å². The number of carbonyl (C=O) groups excluding carboxylic acids is 1. The number of fused-ring (bicyclic) bond motifs is 1. The largest absolute Gasteiger partial charge is 0.486 e. The number of thioether (sulfide) groups is 1. The number of aromatic nitrogens is 4. The highest BCUT2D eigenvalue weighted by atomic mass is 35.5. The van der Waals surface area contributed by atoms with Crippen molar-refractivity contribution in [2.24, 2.45) is 0 Å². The van der Waals surface area contributed by atoms with Gasteiger partial charge in [-0.2, -0.15) is 0 Å². The van der Waals surface area contributed by atoms with E-state index in [-0.39, 0.29) is 18.3 Å². The third-order valence-electron chi connectivity index (χ3n) is 6.18. The molecular formula is C29H28ClN5O2S2. The molecule has 2 aromatic heterocycles. The fourth-order valence-electron chi connectivity index (χ4n) is 4.17. The number of thiazole rings is 1. The second-order valence-corrected chi connectivity index (χ2v) is 11.6. The standard InChI is InChI=1S/C29H28ClN5O2S2/c1-5-35-25(15-37-22-13-18(3)27(30)19(4)14-22)33-34-29(35)38-16-26(36)31-21-9-7-20(8-10-21)28-32-23-11-6-17(2)12-24(23)39-28/h6-14H,5,15-16H2,1-4H3,(H,31,36). The van der Waals surface area contributed by atoms with E-state index in [1.165, 1.54) is 22.0 Å². The third kappa shape index (κ3) is 6.27. The van der Waals surface area contributed by atoms with Gasteiger partial charge >= 0.3 is 0 Å². The zero-order valence-electron chi connectivity index (χ0n) is 22.1. The highest BCUT2D eigenvalue weighted by Crippen LogP contribution is 2.31. The number of ether oxygens (including phenoxy) is 1. The van der Waals surface area contributed by atoms with Crippen molar-refractivity contribution in [1.82, 2.24) is 19.7 Å². The molecule has 10 heteroatoms. The summed E-state index contributed by atoms with van der Waals surface area (Å²) in [5.41, 5.74) is 5.91. The monoisotopic (exact) mass is 577 g/mol. The van der Waals surface area contributed by atoms with Crippen LogP contribution in [0.4, 0.5) is 5.69 Å². The Balaban J connectivity index is 1.17. The van der Waals surface area contributed by atoms with Crippen LogP contribution >= 0.6 is 34.7 Å². The number of hydrogen-bond acceptors (Lipinski definition) is 7. The summed E-state index contributed by atoms with van der Waals surface area (Å²) in [5, 5.41) is 13.9. The molecular weight excluding hydrogens is 550 g/mol. The Hall–Kier alpha value is -3.40. The number of nitrogens with zero attached hydrogens (tertiary/aromatic N) is 4. The summed E-state index contributed by atoms with van der Waals surface area (Å²) < 4.78 is 9.09. The Kier molecular flexibility index (Phi) is 8.20. The van der Waals surface area contributed by atoms with Gasteiger partial charge in [0.05, 0.1) is 16.0 Å². The van der Waals surface area contributed by atoms with Gasteiger partial charge in [-0.25, -0.2) is 4.98 Å². The van der Waals surface area contributed by atoms with Crippen LogP contribution in [-0.4, -0.2) is 31.4 Å². The van der Waals surface area contributed by atoms with Crippen LogP contribution in [0, 0.1) is 20.8 Å². The van der Waals surface area contributed by atoms with Gasteiger partial charge in [0.15, 0.2) is 11.0 Å². The van der Waals surface area contributed by atoms with Gasteiger partial charge in [0.2, 0.25) is 5.91 Å². The average Bonchev–Trinajstić information content (AvgIpc) is 3.52. The predicted molar refractivity (Wildman–Crippen MR) is 160 cm³/mol. The van der Waals surface area contributed by atoms with Crippen molar-refractivity contribution in [3.63, 3.8) is 0 Å². The lowest BCUT2D eigenvalue weighted by Crippen LogP contribution is -2.15. The van der Waals surface area contributed by atoms with Gasteiger partial charge in [0.1, 0.15) is 17.4 Å². The molecule has 0 aliphatic carbocycles. The normalized spacial score (nSPS) is 11.2. The molecule has 5 rings (SSSR count). The minimum atomic E-state index is -0.112. The number of halogens is 1. The highest BCUT2D eigenvalue weighted by molar-refractivity contribution is 7.99. The number of nitrogens with one attached hydrogen (secondary N) is 1. The summed E-state index contributed by atoms with van der Waals surface area (Å²) in [6, 6.07) is 17.9. The zero-order chi connectivity index (χ0) is 27.5.